The van der Waals surface area contributed by atoms with Crippen LogP contribution in [0.2, 0.25) is 0 Å². The molecule has 0 aromatic heterocycles. The summed E-state index contributed by atoms with van der Waals surface area (Å²) in [6, 6.07) is 0. The van der Waals surface area contributed by atoms with Gasteiger partial charge in [-0.15, -0.1) is 0 Å². The lowest BCUT2D eigenvalue weighted by Gasteiger charge is -2.07. The van der Waals surface area contributed by atoms with Gasteiger partial charge in [-0.05, 0) is 31.8 Å². The Kier molecular flexibility index (Phi) is 8.64. The standard InChI is InChI=1S/C11H24N2O/c1-10(2)9-12-7-5-4-6-8-13-11(3)14/h10,12H,4-9H2,1-3H3,(H,13,14). The van der Waals surface area contributed by atoms with E-state index in [0.717, 1.165) is 32.0 Å². The number of nitrogens with one attached hydrogen (secondary N) is 2. The van der Waals surface area contributed by atoms with Gasteiger partial charge in [0.15, 0.2) is 0 Å². The molecule has 0 saturated carbocycles. The van der Waals surface area contributed by atoms with Crippen LogP contribution in [0.5, 0.6) is 0 Å². The summed E-state index contributed by atoms with van der Waals surface area (Å²) in [7, 11) is 0. The van der Waals surface area contributed by atoms with Gasteiger partial charge >= 0.3 is 0 Å². The Labute approximate surface area is 87.6 Å². The average molecular weight is 200 g/mol. The van der Waals surface area contributed by atoms with Gasteiger partial charge in [-0.2, -0.15) is 0 Å². The zero-order valence-corrected chi connectivity index (χ0v) is 9.73. The highest BCUT2D eigenvalue weighted by Crippen LogP contribution is 1.93. The minimum atomic E-state index is 0.0722. The predicted molar refractivity (Wildman–Crippen MR) is 60.2 cm³/mol. The number of unbranched alkanes of at least 4 members (excludes halogenated alkanes) is 2. The number of carbonyl (C=O) groups excluding carboxylic acids is 1. The molecule has 0 unspecified atom stereocenters. The fourth-order valence-electron chi connectivity index (χ4n) is 1.21. The van der Waals surface area contributed by atoms with Gasteiger partial charge in [-0.3, -0.25) is 4.79 Å². The van der Waals surface area contributed by atoms with E-state index in [-0.39, 0.29) is 5.91 Å². The first kappa shape index (κ1) is 13.4. The Morgan fingerprint density at radius 3 is 2.36 bits per heavy atom. The molecule has 0 atom stereocenters. The van der Waals surface area contributed by atoms with E-state index in [1.807, 2.05) is 0 Å². The van der Waals surface area contributed by atoms with Crippen molar-refractivity contribution >= 4 is 5.91 Å². The molecule has 0 aromatic rings. The van der Waals surface area contributed by atoms with Gasteiger partial charge in [0.1, 0.15) is 0 Å². The molecular weight excluding hydrogens is 176 g/mol. The zero-order chi connectivity index (χ0) is 10.8. The Morgan fingerprint density at radius 1 is 1.14 bits per heavy atom. The van der Waals surface area contributed by atoms with Crippen molar-refractivity contribution in [1.29, 1.82) is 0 Å². The van der Waals surface area contributed by atoms with Crippen LogP contribution in [-0.4, -0.2) is 25.5 Å². The largest absolute Gasteiger partial charge is 0.356 e. The third-order valence-electron chi connectivity index (χ3n) is 1.96. The van der Waals surface area contributed by atoms with E-state index in [4.69, 9.17) is 0 Å². The van der Waals surface area contributed by atoms with Crippen LogP contribution in [-0.2, 0) is 4.79 Å². The molecule has 0 rings (SSSR count). The van der Waals surface area contributed by atoms with Crippen LogP contribution in [0.25, 0.3) is 0 Å². The summed E-state index contributed by atoms with van der Waals surface area (Å²) in [4.78, 5) is 10.5. The number of carbonyl (C=O) groups is 1. The first-order valence-electron chi connectivity index (χ1n) is 5.58. The molecule has 2 N–H and O–H groups in total. The van der Waals surface area contributed by atoms with E-state index < -0.39 is 0 Å². The first-order valence-corrected chi connectivity index (χ1v) is 5.58. The first-order chi connectivity index (χ1) is 6.63. The molecule has 84 valence electrons. The molecule has 0 spiro atoms. The maximum Gasteiger partial charge on any atom is 0.216 e. The van der Waals surface area contributed by atoms with Gasteiger partial charge in [-0.25, -0.2) is 0 Å². The van der Waals surface area contributed by atoms with Gasteiger partial charge in [0.05, 0.1) is 0 Å². The van der Waals surface area contributed by atoms with E-state index >= 15 is 0 Å². The van der Waals surface area contributed by atoms with E-state index in [2.05, 4.69) is 24.5 Å². The van der Waals surface area contributed by atoms with Crippen molar-refractivity contribution < 1.29 is 4.79 Å². The molecule has 0 radical (unpaired) electrons. The smallest absolute Gasteiger partial charge is 0.216 e. The fourth-order valence-corrected chi connectivity index (χ4v) is 1.21. The van der Waals surface area contributed by atoms with Crippen LogP contribution in [0.1, 0.15) is 40.0 Å². The van der Waals surface area contributed by atoms with E-state index in [1.54, 1.807) is 6.92 Å². The Bertz CT molecular complexity index is 146. The highest BCUT2D eigenvalue weighted by atomic mass is 16.1. The lowest BCUT2D eigenvalue weighted by Crippen LogP contribution is -2.22. The van der Waals surface area contributed by atoms with Crippen LogP contribution in [0.3, 0.4) is 0 Å². The third-order valence-corrected chi connectivity index (χ3v) is 1.96. The minimum Gasteiger partial charge on any atom is -0.356 e. The molecule has 0 aliphatic carbocycles. The quantitative estimate of drug-likeness (QED) is 0.584. The highest BCUT2D eigenvalue weighted by molar-refractivity contribution is 5.72. The molecule has 3 nitrogen and oxygen atoms in total. The molecule has 0 bridgehead atoms. The second-order valence-corrected chi connectivity index (χ2v) is 4.14. The topological polar surface area (TPSA) is 41.1 Å². The van der Waals surface area contributed by atoms with E-state index in [1.165, 1.54) is 12.8 Å². The SMILES string of the molecule is CC(=O)NCCCCCNCC(C)C. The fraction of sp³-hybridized carbons (Fsp3) is 0.909. The third kappa shape index (κ3) is 11.4. The molecular formula is C11H24N2O. The molecule has 0 heterocycles. The summed E-state index contributed by atoms with van der Waals surface area (Å²) in [5.74, 6) is 0.803. The maximum atomic E-state index is 10.5. The van der Waals surface area contributed by atoms with Crippen molar-refractivity contribution in [3.8, 4) is 0 Å². The summed E-state index contributed by atoms with van der Waals surface area (Å²) in [5, 5.41) is 6.19. The number of hydrogen-bond acceptors (Lipinski definition) is 2. The van der Waals surface area contributed by atoms with Crippen LogP contribution >= 0.6 is 0 Å². The van der Waals surface area contributed by atoms with Gasteiger partial charge in [-0.1, -0.05) is 20.3 Å². The molecule has 0 aromatic carbocycles. The van der Waals surface area contributed by atoms with Crippen molar-refractivity contribution in [2.75, 3.05) is 19.6 Å². The van der Waals surface area contributed by atoms with Crippen LogP contribution in [0.15, 0.2) is 0 Å². The van der Waals surface area contributed by atoms with Crippen molar-refractivity contribution in [3.05, 3.63) is 0 Å². The summed E-state index contributed by atoms with van der Waals surface area (Å²) in [5.41, 5.74) is 0. The maximum absolute atomic E-state index is 10.5. The second-order valence-electron chi connectivity index (χ2n) is 4.14. The highest BCUT2D eigenvalue weighted by Gasteiger charge is 1.93. The van der Waals surface area contributed by atoms with Gasteiger partial charge in [0.25, 0.3) is 0 Å². The predicted octanol–water partition coefficient (Wildman–Crippen LogP) is 1.54. The second kappa shape index (κ2) is 9.00. The zero-order valence-electron chi connectivity index (χ0n) is 9.73. The molecule has 14 heavy (non-hydrogen) atoms. The average Bonchev–Trinajstić information content (AvgIpc) is 2.08. The lowest BCUT2D eigenvalue weighted by molar-refractivity contribution is -0.118. The van der Waals surface area contributed by atoms with Crippen molar-refractivity contribution in [3.63, 3.8) is 0 Å². The molecule has 0 saturated heterocycles. The monoisotopic (exact) mass is 200 g/mol. The summed E-state index contributed by atoms with van der Waals surface area (Å²) >= 11 is 0. The summed E-state index contributed by atoms with van der Waals surface area (Å²) < 4.78 is 0. The van der Waals surface area contributed by atoms with Crippen LogP contribution < -0.4 is 10.6 Å². The minimum absolute atomic E-state index is 0.0722. The number of hydrogen-bond donors (Lipinski definition) is 2. The lowest BCUT2D eigenvalue weighted by atomic mass is 10.2. The van der Waals surface area contributed by atoms with Crippen molar-refractivity contribution in [2.24, 2.45) is 5.92 Å². The molecule has 1 amide bonds. The Balaban J connectivity index is 2.96. The van der Waals surface area contributed by atoms with Gasteiger partial charge < -0.3 is 10.6 Å². The van der Waals surface area contributed by atoms with Crippen LogP contribution in [0, 0.1) is 5.92 Å². The molecule has 3 heteroatoms. The van der Waals surface area contributed by atoms with E-state index in [9.17, 15) is 4.79 Å². The normalized spacial score (nSPS) is 10.6. The number of rotatable bonds is 8. The van der Waals surface area contributed by atoms with Gasteiger partial charge in [0, 0.05) is 13.5 Å². The number of amides is 1. The molecule has 0 fully saturated rings. The van der Waals surface area contributed by atoms with E-state index in [0.29, 0.717) is 0 Å². The molecule has 0 aliphatic heterocycles. The molecule has 0 aliphatic rings. The van der Waals surface area contributed by atoms with Crippen molar-refractivity contribution in [2.45, 2.75) is 40.0 Å². The summed E-state index contributed by atoms with van der Waals surface area (Å²) in [6.07, 6.45) is 3.47. The Hall–Kier alpha value is -0.570. The van der Waals surface area contributed by atoms with Gasteiger partial charge in [0.2, 0.25) is 5.91 Å². The van der Waals surface area contributed by atoms with Crippen molar-refractivity contribution in [1.82, 2.24) is 10.6 Å². The Morgan fingerprint density at radius 2 is 1.79 bits per heavy atom. The van der Waals surface area contributed by atoms with Crippen LogP contribution in [0.4, 0.5) is 0 Å². The summed E-state index contributed by atoms with van der Waals surface area (Å²) in [6.45, 7) is 9.00.